The normalized spacial score (nSPS) is 13.0. The second-order valence-corrected chi connectivity index (χ2v) is 5.65. The van der Waals surface area contributed by atoms with Gasteiger partial charge in [-0.15, -0.1) is 11.8 Å². The molecule has 1 heterocycles. The van der Waals surface area contributed by atoms with Crippen LogP contribution in [0.25, 0.3) is 0 Å². The van der Waals surface area contributed by atoms with Gasteiger partial charge in [0.15, 0.2) is 5.82 Å². The van der Waals surface area contributed by atoms with Crippen LogP contribution in [-0.4, -0.2) is 21.8 Å². The molecular weight excluding hydrogens is 234 g/mol. The third-order valence-corrected chi connectivity index (χ3v) is 3.82. The van der Waals surface area contributed by atoms with Gasteiger partial charge in [0.25, 0.3) is 0 Å². The molecule has 0 bridgehead atoms. The van der Waals surface area contributed by atoms with Crippen LogP contribution in [0.2, 0.25) is 0 Å². The van der Waals surface area contributed by atoms with Gasteiger partial charge in [-0.05, 0) is 12.8 Å². The fraction of sp³-hybridized carbons (Fsp3) is 0.667. The lowest BCUT2D eigenvalue weighted by Crippen LogP contribution is -2.08. The van der Waals surface area contributed by atoms with Gasteiger partial charge in [0, 0.05) is 17.9 Å². The van der Waals surface area contributed by atoms with E-state index in [0.29, 0.717) is 36.0 Å². The maximum Gasteiger partial charge on any atom is 0.157 e. The SMILES string of the molecule is CCOCc1nc(N)cc(SC(C)C(C)C)n1. The number of thioether (sulfide) groups is 1. The summed E-state index contributed by atoms with van der Waals surface area (Å²) in [6.07, 6.45) is 0. The van der Waals surface area contributed by atoms with Gasteiger partial charge in [0.1, 0.15) is 17.5 Å². The quantitative estimate of drug-likeness (QED) is 0.625. The van der Waals surface area contributed by atoms with E-state index in [4.69, 9.17) is 10.5 Å². The average molecular weight is 255 g/mol. The second-order valence-electron chi connectivity index (χ2n) is 4.25. The van der Waals surface area contributed by atoms with Crippen LogP contribution in [0.5, 0.6) is 0 Å². The highest BCUT2D eigenvalue weighted by molar-refractivity contribution is 7.99. The van der Waals surface area contributed by atoms with E-state index in [1.165, 1.54) is 0 Å². The molecule has 4 nitrogen and oxygen atoms in total. The van der Waals surface area contributed by atoms with Crippen molar-refractivity contribution in [1.29, 1.82) is 0 Å². The van der Waals surface area contributed by atoms with E-state index in [2.05, 4.69) is 30.7 Å². The summed E-state index contributed by atoms with van der Waals surface area (Å²) in [5.74, 6) is 1.77. The van der Waals surface area contributed by atoms with E-state index < -0.39 is 0 Å². The molecule has 1 rings (SSSR count). The smallest absolute Gasteiger partial charge is 0.157 e. The summed E-state index contributed by atoms with van der Waals surface area (Å²) in [5, 5.41) is 1.43. The summed E-state index contributed by atoms with van der Waals surface area (Å²) in [5.41, 5.74) is 5.76. The lowest BCUT2D eigenvalue weighted by atomic mass is 10.2. The van der Waals surface area contributed by atoms with Crippen LogP contribution in [0.3, 0.4) is 0 Å². The molecule has 0 fully saturated rings. The van der Waals surface area contributed by atoms with Crippen molar-refractivity contribution in [1.82, 2.24) is 9.97 Å². The summed E-state index contributed by atoms with van der Waals surface area (Å²) < 4.78 is 5.29. The Kier molecular flexibility index (Phi) is 5.71. The highest BCUT2D eigenvalue weighted by Gasteiger charge is 2.11. The van der Waals surface area contributed by atoms with Crippen molar-refractivity contribution < 1.29 is 4.74 Å². The van der Waals surface area contributed by atoms with Crippen LogP contribution in [-0.2, 0) is 11.3 Å². The summed E-state index contributed by atoms with van der Waals surface area (Å²) in [4.78, 5) is 8.59. The average Bonchev–Trinajstić information content (AvgIpc) is 2.25. The number of nitrogens with zero attached hydrogens (tertiary/aromatic N) is 2. The molecule has 1 aromatic rings. The second kappa shape index (κ2) is 6.81. The minimum Gasteiger partial charge on any atom is -0.384 e. The Labute approximate surface area is 107 Å². The van der Waals surface area contributed by atoms with Crippen molar-refractivity contribution in [3.8, 4) is 0 Å². The maximum absolute atomic E-state index is 5.76. The number of anilines is 1. The van der Waals surface area contributed by atoms with Crippen molar-refractivity contribution in [2.45, 2.75) is 44.6 Å². The fourth-order valence-corrected chi connectivity index (χ4v) is 2.14. The molecule has 0 spiro atoms. The Hall–Kier alpha value is -0.810. The molecule has 1 atom stereocenters. The van der Waals surface area contributed by atoms with E-state index in [1.807, 2.05) is 13.0 Å². The van der Waals surface area contributed by atoms with Crippen LogP contribution in [0.1, 0.15) is 33.5 Å². The number of ether oxygens (including phenoxy) is 1. The van der Waals surface area contributed by atoms with Crippen LogP contribution >= 0.6 is 11.8 Å². The Balaban J connectivity index is 2.74. The lowest BCUT2D eigenvalue weighted by Gasteiger charge is -2.14. The predicted molar refractivity (Wildman–Crippen MR) is 71.9 cm³/mol. The molecule has 17 heavy (non-hydrogen) atoms. The highest BCUT2D eigenvalue weighted by atomic mass is 32.2. The van der Waals surface area contributed by atoms with Gasteiger partial charge in [-0.25, -0.2) is 9.97 Å². The predicted octanol–water partition coefficient (Wildman–Crippen LogP) is 2.73. The first-order valence-corrected chi connectivity index (χ1v) is 6.78. The van der Waals surface area contributed by atoms with E-state index >= 15 is 0 Å². The first-order chi connectivity index (χ1) is 8.02. The van der Waals surface area contributed by atoms with Crippen LogP contribution < -0.4 is 5.73 Å². The molecule has 0 saturated heterocycles. The highest BCUT2D eigenvalue weighted by Crippen LogP contribution is 2.27. The lowest BCUT2D eigenvalue weighted by molar-refractivity contribution is 0.128. The summed E-state index contributed by atoms with van der Waals surface area (Å²) >= 11 is 1.73. The molecule has 0 saturated carbocycles. The number of nitrogens with two attached hydrogens (primary N) is 1. The zero-order valence-electron chi connectivity index (χ0n) is 10.9. The zero-order chi connectivity index (χ0) is 12.8. The Bertz CT molecular complexity index is 358. The molecule has 1 unspecified atom stereocenters. The maximum atomic E-state index is 5.76. The van der Waals surface area contributed by atoms with Crippen molar-refractivity contribution in [2.24, 2.45) is 5.92 Å². The van der Waals surface area contributed by atoms with Crippen molar-refractivity contribution in [3.63, 3.8) is 0 Å². The van der Waals surface area contributed by atoms with Gasteiger partial charge in [-0.1, -0.05) is 20.8 Å². The van der Waals surface area contributed by atoms with Crippen LogP contribution in [0, 0.1) is 5.92 Å². The monoisotopic (exact) mass is 255 g/mol. The van der Waals surface area contributed by atoms with Gasteiger partial charge in [-0.3, -0.25) is 0 Å². The molecule has 0 aliphatic rings. The molecular formula is C12H21N3OS. The first kappa shape index (κ1) is 14.3. The van der Waals surface area contributed by atoms with Crippen molar-refractivity contribution >= 4 is 17.6 Å². The molecule has 0 aromatic carbocycles. The number of aromatic nitrogens is 2. The molecule has 1 aromatic heterocycles. The van der Waals surface area contributed by atoms with Gasteiger partial charge < -0.3 is 10.5 Å². The molecule has 5 heteroatoms. The van der Waals surface area contributed by atoms with Crippen molar-refractivity contribution in [3.05, 3.63) is 11.9 Å². The number of hydrogen-bond donors (Lipinski definition) is 1. The summed E-state index contributed by atoms with van der Waals surface area (Å²) in [6, 6.07) is 1.82. The minimum absolute atomic E-state index is 0.422. The van der Waals surface area contributed by atoms with Gasteiger partial charge in [0.2, 0.25) is 0 Å². The Morgan fingerprint density at radius 3 is 2.65 bits per heavy atom. The molecule has 0 aliphatic carbocycles. The number of hydrogen-bond acceptors (Lipinski definition) is 5. The number of rotatable bonds is 6. The van der Waals surface area contributed by atoms with E-state index in [9.17, 15) is 0 Å². The van der Waals surface area contributed by atoms with Gasteiger partial charge >= 0.3 is 0 Å². The van der Waals surface area contributed by atoms with Crippen molar-refractivity contribution in [2.75, 3.05) is 12.3 Å². The molecule has 0 aliphatic heterocycles. The molecule has 96 valence electrons. The first-order valence-electron chi connectivity index (χ1n) is 5.90. The molecule has 2 N–H and O–H groups in total. The zero-order valence-corrected chi connectivity index (χ0v) is 11.8. The van der Waals surface area contributed by atoms with Crippen LogP contribution in [0.4, 0.5) is 5.82 Å². The third kappa shape index (κ3) is 4.91. The van der Waals surface area contributed by atoms with Gasteiger partial charge in [-0.2, -0.15) is 0 Å². The fourth-order valence-electron chi connectivity index (χ4n) is 1.14. The summed E-state index contributed by atoms with van der Waals surface area (Å²) in [7, 11) is 0. The Morgan fingerprint density at radius 1 is 1.35 bits per heavy atom. The minimum atomic E-state index is 0.422. The summed E-state index contributed by atoms with van der Waals surface area (Å²) in [6.45, 7) is 9.61. The third-order valence-electron chi connectivity index (χ3n) is 2.45. The van der Waals surface area contributed by atoms with E-state index in [1.54, 1.807) is 11.8 Å². The van der Waals surface area contributed by atoms with E-state index in [-0.39, 0.29) is 0 Å². The standard InChI is InChI=1S/C12H21N3OS/c1-5-16-7-11-14-10(13)6-12(15-11)17-9(4)8(2)3/h6,8-9H,5,7H2,1-4H3,(H2,13,14,15). The topological polar surface area (TPSA) is 61.0 Å². The van der Waals surface area contributed by atoms with Gasteiger partial charge in [0.05, 0.1) is 0 Å². The number of nitrogen functional groups attached to an aromatic ring is 1. The largest absolute Gasteiger partial charge is 0.384 e. The molecule has 0 radical (unpaired) electrons. The van der Waals surface area contributed by atoms with E-state index in [0.717, 1.165) is 5.03 Å². The molecule has 0 amide bonds. The van der Waals surface area contributed by atoms with Crippen LogP contribution in [0.15, 0.2) is 11.1 Å². The Morgan fingerprint density at radius 2 is 2.06 bits per heavy atom.